The third-order valence-electron chi connectivity index (χ3n) is 4.17. The topological polar surface area (TPSA) is 76.9 Å². The SMILES string of the molecule is O=S(=O)(Nc1cccc(-c2nnc3n2CCC3)c1)c1c(F)cccc1F. The van der Waals surface area contributed by atoms with E-state index in [1.807, 2.05) is 4.57 Å². The minimum Gasteiger partial charge on any atom is -0.311 e. The minimum absolute atomic E-state index is 0.181. The normalized spacial score (nSPS) is 13.6. The Labute approximate surface area is 148 Å². The second-order valence-corrected chi connectivity index (χ2v) is 7.55. The molecule has 26 heavy (non-hydrogen) atoms. The van der Waals surface area contributed by atoms with E-state index in [2.05, 4.69) is 14.9 Å². The summed E-state index contributed by atoms with van der Waals surface area (Å²) in [6.07, 6.45) is 1.84. The number of nitrogens with zero attached hydrogens (tertiary/aromatic N) is 3. The molecule has 2 aromatic carbocycles. The Morgan fingerprint density at radius 2 is 1.77 bits per heavy atom. The predicted octanol–water partition coefficient (Wildman–Crippen LogP) is 2.97. The molecule has 9 heteroatoms. The fourth-order valence-electron chi connectivity index (χ4n) is 3.03. The molecular formula is C17H14F2N4O2S. The molecular weight excluding hydrogens is 362 g/mol. The third kappa shape index (κ3) is 2.84. The Hall–Kier alpha value is -2.81. The molecule has 1 aromatic heterocycles. The van der Waals surface area contributed by atoms with Gasteiger partial charge in [-0.2, -0.15) is 0 Å². The largest absolute Gasteiger partial charge is 0.311 e. The number of aromatic nitrogens is 3. The average molecular weight is 376 g/mol. The van der Waals surface area contributed by atoms with Crippen LogP contribution < -0.4 is 4.72 Å². The van der Waals surface area contributed by atoms with Gasteiger partial charge in [-0.3, -0.25) is 4.72 Å². The molecule has 2 heterocycles. The van der Waals surface area contributed by atoms with Crippen molar-refractivity contribution in [2.75, 3.05) is 4.72 Å². The van der Waals surface area contributed by atoms with Crippen molar-refractivity contribution < 1.29 is 17.2 Å². The lowest BCUT2D eigenvalue weighted by Crippen LogP contribution is -2.16. The molecule has 0 atom stereocenters. The van der Waals surface area contributed by atoms with Crippen LogP contribution in [0.15, 0.2) is 47.4 Å². The van der Waals surface area contributed by atoms with Crippen LogP contribution >= 0.6 is 0 Å². The van der Waals surface area contributed by atoms with Crippen LogP contribution in [0.25, 0.3) is 11.4 Å². The van der Waals surface area contributed by atoms with Gasteiger partial charge in [0.05, 0.1) is 0 Å². The first kappa shape index (κ1) is 16.6. The number of benzene rings is 2. The molecule has 0 amide bonds. The van der Waals surface area contributed by atoms with Crippen LogP contribution in [0.2, 0.25) is 0 Å². The van der Waals surface area contributed by atoms with Gasteiger partial charge >= 0.3 is 0 Å². The molecule has 0 spiro atoms. The Balaban J connectivity index is 1.69. The summed E-state index contributed by atoms with van der Waals surface area (Å²) in [6, 6.07) is 9.38. The molecule has 134 valence electrons. The van der Waals surface area contributed by atoms with E-state index in [4.69, 9.17) is 0 Å². The maximum Gasteiger partial charge on any atom is 0.267 e. The van der Waals surface area contributed by atoms with E-state index in [0.717, 1.165) is 43.4 Å². The van der Waals surface area contributed by atoms with Gasteiger partial charge in [0.15, 0.2) is 10.7 Å². The van der Waals surface area contributed by atoms with Crippen molar-refractivity contribution in [1.82, 2.24) is 14.8 Å². The van der Waals surface area contributed by atoms with Gasteiger partial charge in [-0.25, -0.2) is 17.2 Å². The second kappa shape index (κ2) is 6.17. The van der Waals surface area contributed by atoms with Crippen LogP contribution in [-0.2, 0) is 23.0 Å². The van der Waals surface area contributed by atoms with Crippen molar-refractivity contribution in [1.29, 1.82) is 0 Å². The summed E-state index contributed by atoms with van der Waals surface area (Å²) in [6.45, 7) is 0.800. The summed E-state index contributed by atoms with van der Waals surface area (Å²) in [5, 5.41) is 8.27. The average Bonchev–Trinajstić information content (AvgIpc) is 3.17. The molecule has 0 saturated carbocycles. The highest BCUT2D eigenvalue weighted by Crippen LogP contribution is 2.27. The molecule has 0 unspecified atom stereocenters. The van der Waals surface area contributed by atoms with Gasteiger partial charge in [0, 0.05) is 24.2 Å². The van der Waals surface area contributed by atoms with Gasteiger partial charge < -0.3 is 4.57 Å². The highest BCUT2D eigenvalue weighted by atomic mass is 32.2. The summed E-state index contributed by atoms with van der Waals surface area (Å²) < 4.78 is 56.6. The van der Waals surface area contributed by atoms with Crippen molar-refractivity contribution >= 4 is 15.7 Å². The molecule has 1 aliphatic heterocycles. The van der Waals surface area contributed by atoms with Crippen LogP contribution in [0, 0.1) is 11.6 Å². The molecule has 0 saturated heterocycles. The summed E-state index contributed by atoms with van der Waals surface area (Å²) in [7, 11) is -4.41. The molecule has 0 bridgehead atoms. The van der Waals surface area contributed by atoms with Crippen LogP contribution in [0.4, 0.5) is 14.5 Å². The van der Waals surface area contributed by atoms with E-state index < -0.39 is 26.6 Å². The zero-order chi connectivity index (χ0) is 18.3. The van der Waals surface area contributed by atoms with Crippen LogP contribution in [0.5, 0.6) is 0 Å². The summed E-state index contributed by atoms with van der Waals surface area (Å²) in [4.78, 5) is -1.01. The van der Waals surface area contributed by atoms with Crippen molar-refractivity contribution in [3.05, 3.63) is 59.9 Å². The summed E-state index contributed by atoms with van der Waals surface area (Å²) in [5.74, 6) is -0.775. The van der Waals surface area contributed by atoms with E-state index in [1.54, 1.807) is 18.2 Å². The molecule has 0 fully saturated rings. The lowest BCUT2D eigenvalue weighted by Gasteiger charge is -2.11. The van der Waals surface area contributed by atoms with Gasteiger partial charge in [0.25, 0.3) is 10.0 Å². The second-order valence-electron chi connectivity index (χ2n) is 5.93. The standard InChI is InChI=1S/C17H14F2N4O2S/c18-13-6-2-7-14(19)16(13)26(24,25)22-12-5-1-4-11(10-12)17-21-20-15-8-3-9-23(15)17/h1-2,4-7,10,22H,3,8-9H2. The smallest absolute Gasteiger partial charge is 0.267 e. The van der Waals surface area contributed by atoms with Crippen molar-refractivity contribution in [3.63, 3.8) is 0 Å². The predicted molar refractivity (Wildman–Crippen MR) is 90.9 cm³/mol. The molecule has 6 nitrogen and oxygen atoms in total. The number of anilines is 1. The quantitative estimate of drug-likeness (QED) is 0.760. The maximum absolute atomic E-state index is 13.8. The first-order valence-corrected chi connectivity index (χ1v) is 9.43. The number of hydrogen-bond acceptors (Lipinski definition) is 4. The Kier molecular flexibility index (Phi) is 3.95. The molecule has 1 N–H and O–H groups in total. The fourth-order valence-corrected chi connectivity index (χ4v) is 4.22. The maximum atomic E-state index is 13.8. The van der Waals surface area contributed by atoms with E-state index >= 15 is 0 Å². The number of aryl methyl sites for hydroxylation is 1. The number of fused-ring (bicyclic) bond motifs is 1. The Bertz CT molecular complexity index is 1080. The zero-order valence-corrected chi connectivity index (χ0v) is 14.3. The van der Waals surface area contributed by atoms with E-state index in [1.165, 1.54) is 6.07 Å². The molecule has 3 aromatic rings. The minimum atomic E-state index is -4.41. The van der Waals surface area contributed by atoms with Crippen LogP contribution in [-0.4, -0.2) is 23.2 Å². The molecule has 0 radical (unpaired) electrons. The molecule has 0 aliphatic carbocycles. The fraction of sp³-hybridized carbons (Fsp3) is 0.176. The lowest BCUT2D eigenvalue weighted by atomic mass is 10.2. The van der Waals surface area contributed by atoms with Crippen LogP contribution in [0.3, 0.4) is 0 Å². The zero-order valence-electron chi connectivity index (χ0n) is 13.5. The van der Waals surface area contributed by atoms with Gasteiger partial charge in [-0.1, -0.05) is 18.2 Å². The van der Waals surface area contributed by atoms with Gasteiger partial charge in [0.2, 0.25) is 0 Å². The Morgan fingerprint density at radius 1 is 1.04 bits per heavy atom. The number of rotatable bonds is 4. The van der Waals surface area contributed by atoms with Gasteiger partial charge in [0.1, 0.15) is 17.5 Å². The Morgan fingerprint density at radius 3 is 2.54 bits per heavy atom. The number of sulfonamides is 1. The van der Waals surface area contributed by atoms with Crippen molar-refractivity contribution in [3.8, 4) is 11.4 Å². The van der Waals surface area contributed by atoms with E-state index in [0.29, 0.717) is 11.4 Å². The van der Waals surface area contributed by atoms with Crippen LogP contribution in [0.1, 0.15) is 12.2 Å². The van der Waals surface area contributed by atoms with E-state index in [-0.39, 0.29) is 5.69 Å². The first-order valence-electron chi connectivity index (χ1n) is 7.95. The van der Waals surface area contributed by atoms with Gasteiger partial charge in [-0.05, 0) is 30.7 Å². The van der Waals surface area contributed by atoms with Gasteiger partial charge in [-0.15, -0.1) is 10.2 Å². The van der Waals surface area contributed by atoms with Crippen molar-refractivity contribution in [2.24, 2.45) is 0 Å². The molecule has 1 aliphatic rings. The molecule has 4 rings (SSSR count). The third-order valence-corrected chi connectivity index (χ3v) is 5.60. The highest BCUT2D eigenvalue weighted by molar-refractivity contribution is 7.92. The number of halogens is 2. The van der Waals surface area contributed by atoms with E-state index in [9.17, 15) is 17.2 Å². The number of nitrogens with one attached hydrogen (secondary N) is 1. The lowest BCUT2D eigenvalue weighted by molar-refractivity contribution is 0.521. The highest BCUT2D eigenvalue weighted by Gasteiger charge is 2.24. The summed E-state index contributed by atoms with van der Waals surface area (Å²) >= 11 is 0. The monoisotopic (exact) mass is 376 g/mol. The first-order chi connectivity index (χ1) is 12.5. The number of hydrogen-bond donors (Lipinski definition) is 1. The summed E-state index contributed by atoms with van der Waals surface area (Å²) in [5.41, 5.74) is 0.848. The van der Waals surface area contributed by atoms with Crippen molar-refractivity contribution in [2.45, 2.75) is 24.3 Å².